The Bertz CT molecular complexity index is 237. The van der Waals surface area contributed by atoms with Crippen molar-refractivity contribution in [1.29, 1.82) is 0 Å². The molecule has 0 bridgehead atoms. The zero-order valence-electron chi connectivity index (χ0n) is 8.67. The van der Waals surface area contributed by atoms with Crippen LogP contribution in [-0.4, -0.2) is 11.0 Å². The molecule has 1 aromatic rings. The molecule has 13 heavy (non-hydrogen) atoms. The first-order valence-electron chi connectivity index (χ1n) is 4.95. The van der Waals surface area contributed by atoms with Crippen LogP contribution >= 0.6 is 0 Å². The van der Waals surface area contributed by atoms with Gasteiger partial charge in [-0.05, 0) is 31.4 Å². The summed E-state index contributed by atoms with van der Waals surface area (Å²) in [7, 11) is 0. The van der Waals surface area contributed by atoms with Crippen molar-refractivity contribution in [3.05, 3.63) is 23.9 Å². The van der Waals surface area contributed by atoms with E-state index >= 15 is 0 Å². The number of anilines is 1. The molecule has 0 atom stereocenters. The zero-order chi connectivity index (χ0) is 9.68. The highest BCUT2D eigenvalue weighted by atomic mass is 15.0. The van der Waals surface area contributed by atoms with Gasteiger partial charge in [-0.2, -0.15) is 0 Å². The Morgan fingerprint density at radius 2 is 2.00 bits per heavy atom. The number of rotatable bonds is 4. The van der Waals surface area contributed by atoms with Crippen LogP contribution in [0.3, 0.4) is 0 Å². The summed E-state index contributed by atoms with van der Waals surface area (Å²) >= 11 is 0. The summed E-state index contributed by atoms with van der Waals surface area (Å²) in [5, 5.41) is 3.39. The molecule has 0 fully saturated rings. The third kappa shape index (κ3) is 3.05. The van der Waals surface area contributed by atoms with Gasteiger partial charge < -0.3 is 5.32 Å². The fraction of sp³-hybridized carbons (Fsp3) is 0.545. The van der Waals surface area contributed by atoms with Gasteiger partial charge >= 0.3 is 0 Å². The number of aromatic nitrogens is 1. The average Bonchev–Trinajstić information content (AvgIpc) is 2.17. The van der Waals surface area contributed by atoms with Crippen LogP contribution in [0.25, 0.3) is 0 Å². The Kier molecular flexibility index (Phi) is 3.74. The van der Waals surface area contributed by atoms with Gasteiger partial charge in [0.1, 0.15) is 5.82 Å². The number of hydrogen-bond acceptors (Lipinski definition) is 2. The van der Waals surface area contributed by atoms with Gasteiger partial charge in [0.05, 0.1) is 0 Å². The largest absolute Gasteiger partial charge is 0.367 e. The minimum absolute atomic E-state index is 0.551. The van der Waals surface area contributed by atoms with E-state index in [9.17, 15) is 0 Å². The quantitative estimate of drug-likeness (QED) is 0.766. The number of aryl methyl sites for hydroxylation is 1. The van der Waals surface area contributed by atoms with Gasteiger partial charge in [0, 0.05) is 12.2 Å². The van der Waals surface area contributed by atoms with Gasteiger partial charge in [-0.15, -0.1) is 0 Å². The summed E-state index contributed by atoms with van der Waals surface area (Å²) in [6, 6.07) is 4.67. The van der Waals surface area contributed by atoms with Crippen molar-refractivity contribution in [2.24, 2.45) is 0 Å². The van der Waals surface area contributed by atoms with Crippen LogP contribution in [0.4, 0.5) is 5.82 Å². The number of nitrogens with zero attached hydrogens (tertiary/aromatic N) is 1. The Morgan fingerprint density at radius 1 is 1.31 bits per heavy atom. The van der Waals surface area contributed by atoms with Crippen LogP contribution in [0.5, 0.6) is 0 Å². The molecule has 72 valence electrons. The summed E-state index contributed by atoms with van der Waals surface area (Å²) in [6.07, 6.45) is 4.18. The lowest BCUT2D eigenvalue weighted by Gasteiger charge is -2.14. The fourth-order valence-corrected chi connectivity index (χ4v) is 1.26. The molecule has 0 aliphatic heterocycles. The van der Waals surface area contributed by atoms with Crippen molar-refractivity contribution in [2.45, 2.75) is 39.7 Å². The lowest BCUT2D eigenvalue weighted by atomic mass is 10.2. The van der Waals surface area contributed by atoms with E-state index in [1.165, 1.54) is 5.56 Å². The highest BCUT2D eigenvalue weighted by Gasteiger charge is 2.02. The molecule has 0 aromatic carbocycles. The summed E-state index contributed by atoms with van der Waals surface area (Å²) < 4.78 is 0. The topological polar surface area (TPSA) is 24.9 Å². The minimum atomic E-state index is 0.551. The molecule has 1 heterocycles. The van der Waals surface area contributed by atoms with Crippen molar-refractivity contribution in [3.63, 3.8) is 0 Å². The lowest BCUT2D eigenvalue weighted by Crippen LogP contribution is -2.17. The van der Waals surface area contributed by atoms with Crippen LogP contribution < -0.4 is 5.32 Å². The maximum atomic E-state index is 4.30. The fourth-order valence-electron chi connectivity index (χ4n) is 1.26. The first-order chi connectivity index (χ1) is 6.26. The zero-order valence-corrected chi connectivity index (χ0v) is 8.67. The second-order valence-electron chi connectivity index (χ2n) is 3.38. The SMILES string of the molecule is CCC(CC)Nc1ccc(C)cn1. The normalized spacial score (nSPS) is 10.5. The van der Waals surface area contributed by atoms with Gasteiger partial charge in [-0.25, -0.2) is 4.98 Å². The van der Waals surface area contributed by atoms with E-state index in [-0.39, 0.29) is 0 Å². The molecule has 0 aliphatic carbocycles. The molecule has 0 unspecified atom stereocenters. The molecule has 0 aliphatic rings. The van der Waals surface area contributed by atoms with Crippen LogP contribution in [0.15, 0.2) is 18.3 Å². The molecule has 2 nitrogen and oxygen atoms in total. The number of hydrogen-bond donors (Lipinski definition) is 1. The van der Waals surface area contributed by atoms with E-state index in [0.29, 0.717) is 6.04 Å². The average molecular weight is 178 g/mol. The highest BCUT2D eigenvalue weighted by Crippen LogP contribution is 2.08. The second-order valence-corrected chi connectivity index (χ2v) is 3.38. The molecule has 0 saturated carbocycles. The van der Waals surface area contributed by atoms with E-state index in [0.717, 1.165) is 18.7 Å². The van der Waals surface area contributed by atoms with E-state index in [2.05, 4.69) is 30.2 Å². The van der Waals surface area contributed by atoms with Crippen LogP contribution in [0.2, 0.25) is 0 Å². The molecule has 1 aromatic heterocycles. The van der Waals surface area contributed by atoms with Crippen LogP contribution in [-0.2, 0) is 0 Å². The number of pyridine rings is 1. The van der Waals surface area contributed by atoms with Crippen molar-refractivity contribution in [1.82, 2.24) is 4.98 Å². The van der Waals surface area contributed by atoms with Gasteiger partial charge in [-0.1, -0.05) is 19.9 Å². The predicted octanol–water partition coefficient (Wildman–Crippen LogP) is 2.99. The Labute approximate surface area is 80.4 Å². The van der Waals surface area contributed by atoms with E-state index in [4.69, 9.17) is 0 Å². The van der Waals surface area contributed by atoms with E-state index < -0.39 is 0 Å². The number of nitrogens with one attached hydrogen (secondary N) is 1. The molecule has 0 radical (unpaired) electrons. The predicted molar refractivity (Wildman–Crippen MR) is 57.0 cm³/mol. The molecule has 0 spiro atoms. The standard InChI is InChI=1S/C11H18N2/c1-4-10(5-2)13-11-7-6-9(3)8-12-11/h6-8,10H,4-5H2,1-3H3,(H,12,13). The van der Waals surface area contributed by atoms with Gasteiger partial charge in [0.15, 0.2) is 0 Å². The summed E-state index contributed by atoms with van der Waals surface area (Å²) in [6.45, 7) is 6.43. The van der Waals surface area contributed by atoms with E-state index in [1.54, 1.807) is 0 Å². The van der Waals surface area contributed by atoms with Crippen molar-refractivity contribution >= 4 is 5.82 Å². The first-order valence-corrected chi connectivity index (χ1v) is 4.95. The molecular formula is C11H18N2. The molecule has 1 N–H and O–H groups in total. The summed E-state index contributed by atoms with van der Waals surface area (Å²) in [5.41, 5.74) is 1.20. The van der Waals surface area contributed by atoms with Crippen LogP contribution in [0, 0.1) is 6.92 Å². The lowest BCUT2D eigenvalue weighted by molar-refractivity contribution is 0.668. The van der Waals surface area contributed by atoms with Crippen molar-refractivity contribution in [2.75, 3.05) is 5.32 Å². The van der Waals surface area contributed by atoms with E-state index in [1.807, 2.05) is 19.2 Å². The third-order valence-electron chi connectivity index (χ3n) is 2.25. The summed E-state index contributed by atoms with van der Waals surface area (Å²) in [5.74, 6) is 0.985. The second kappa shape index (κ2) is 4.85. The molecular weight excluding hydrogens is 160 g/mol. The molecule has 1 rings (SSSR count). The third-order valence-corrected chi connectivity index (χ3v) is 2.25. The molecule has 0 amide bonds. The van der Waals surface area contributed by atoms with Gasteiger partial charge in [-0.3, -0.25) is 0 Å². The van der Waals surface area contributed by atoms with Crippen molar-refractivity contribution < 1.29 is 0 Å². The molecule has 0 saturated heterocycles. The smallest absolute Gasteiger partial charge is 0.126 e. The Balaban J connectivity index is 2.58. The summed E-state index contributed by atoms with van der Waals surface area (Å²) in [4.78, 5) is 4.30. The maximum Gasteiger partial charge on any atom is 0.126 e. The van der Waals surface area contributed by atoms with Gasteiger partial charge in [0.2, 0.25) is 0 Å². The van der Waals surface area contributed by atoms with Crippen molar-refractivity contribution in [3.8, 4) is 0 Å². The molecule has 2 heteroatoms. The monoisotopic (exact) mass is 178 g/mol. The Morgan fingerprint density at radius 3 is 2.46 bits per heavy atom. The highest BCUT2D eigenvalue weighted by molar-refractivity contribution is 5.36. The minimum Gasteiger partial charge on any atom is -0.367 e. The maximum absolute atomic E-state index is 4.30. The van der Waals surface area contributed by atoms with Gasteiger partial charge in [0.25, 0.3) is 0 Å². The Hall–Kier alpha value is -1.05. The first kappa shape index (κ1) is 10.0. The van der Waals surface area contributed by atoms with Crippen LogP contribution in [0.1, 0.15) is 32.3 Å².